The van der Waals surface area contributed by atoms with Gasteiger partial charge in [0.1, 0.15) is 23.3 Å². The van der Waals surface area contributed by atoms with Crippen LogP contribution in [0.1, 0.15) is 48.7 Å². The van der Waals surface area contributed by atoms with Crippen LogP contribution in [0.2, 0.25) is 0 Å². The number of amides is 1. The molecule has 0 bridgehead atoms. The van der Waals surface area contributed by atoms with Gasteiger partial charge in [-0.2, -0.15) is 0 Å². The lowest BCUT2D eigenvalue weighted by Crippen LogP contribution is -2.51. The molecule has 1 amide bonds. The number of methoxy groups -OCH3 is 1. The molecule has 36 heavy (non-hydrogen) atoms. The molecule has 2 aromatic carbocycles. The SMILES string of the molecule is COC(NC1CCCCC1)C(c1ccccc1)N(Cc1nccs1)C(=O)Cn1nnc2ccccc21. The van der Waals surface area contributed by atoms with Crippen molar-refractivity contribution >= 4 is 28.3 Å². The van der Waals surface area contributed by atoms with E-state index in [0.29, 0.717) is 12.6 Å². The van der Waals surface area contributed by atoms with Crippen molar-refractivity contribution in [3.05, 3.63) is 76.7 Å². The molecule has 0 radical (unpaired) electrons. The topological polar surface area (TPSA) is 85.2 Å². The van der Waals surface area contributed by atoms with Crippen LogP contribution in [0.15, 0.2) is 66.2 Å². The molecule has 2 atom stereocenters. The third-order valence-corrected chi connectivity index (χ3v) is 7.60. The van der Waals surface area contributed by atoms with Gasteiger partial charge in [0, 0.05) is 24.7 Å². The summed E-state index contributed by atoms with van der Waals surface area (Å²) in [5.74, 6) is -0.0674. The molecule has 1 aliphatic carbocycles. The van der Waals surface area contributed by atoms with E-state index in [0.717, 1.165) is 34.4 Å². The van der Waals surface area contributed by atoms with Crippen LogP contribution in [0.5, 0.6) is 0 Å². The smallest absolute Gasteiger partial charge is 0.245 e. The number of aromatic nitrogens is 4. The van der Waals surface area contributed by atoms with Gasteiger partial charge in [0.2, 0.25) is 5.91 Å². The number of carbonyl (C=O) groups is 1. The van der Waals surface area contributed by atoms with Crippen LogP contribution in [0, 0.1) is 0 Å². The van der Waals surface area contributed by atoms with E-state index in [4.69, 9.17) is 4.74 Å². The van der Waals surface area contributed by atoms with E-state index in [-0.39, 0.29) is 24.7 Å². The van der Waals surface area contributed by atoms with E-state index in [2.05, 4.69) is 32.7 Å². The number of hydrogen-bond donors (Lipinski definition) is 1. The van der Waals surface area contributed by atoms with Crippen LogP contribution in [0.25, 0.3) is 11.0 Å². The molecule has 2 unspecified atom stereocenters. The summed E-state index contributed by atoms with van der Waals surface area (Å²) in [7, 11) is 1.72. The number of nitrogens with one attached hydrogen (secondary N) is 1. The Labute approximate surface area is 215 Å². The first-order chi connectivity index (χ1) is 17.7. The molecule has 4 aromatic rings. The van der Waals surface area contributed by atoms with E-state index in [1.54, 1.807) is 29.3 Å². The Morgan fingerprint density at radius 2 is 1.92 bits per heavy atom. The molecule has 9 heteroatoms. The molecule has 1 N–H and O–H groups in total. The number of hydrogen-bond acceptors (Lipinski definition) is 7. The summed E-state index contributed by atoms with van der Waals surface area (Å²) < 4.78 is 7.74. The molecule has 1 aliphatic rings. The normalized spacial score (nSPS) is 16.1. The fourth-order valence-electron chi connectivity index (χ4n) is 5.03. The second kappa shape index (κ2) is 11.7. The van der Waals surface area contributed by atoms with Gasteiger partial charge in [0.25, 0.3) is 0 Å². The van der Waals surface area contributed by atoms with E-state index >= 15 is 0 Å². The largest absolute Gasteiger partial charge is 0.364 e. The van der Waals surface area contributed by atoms with Crippen LogP contribution in [-0.4, -0.2) is 50.2 Å². The lowest BCUT2D eigenvalue weighted by Gasteiger charge is -2.39. The van der Waals surface area contributed by atoms with Crippen molar-refractivity contribution in [2.75, 3.05) is 7.11 Å². The van der Waals surface area contributed by atoms with Crippen molar-refractivity contribution in [2.45, 2.75) is 63.5 Å². The van der Waals surface area contributed by atoms with Crippen molar-refractivity contribution in [1.82, 2.24) is 30.2 Å². The minimum atomic E-state index is -0.369. The highest BCUT2D eigenvalue weighted by Crippen LogP contribution is 2.30. The number of benzene rings is 2. The lowest BCUT2D eigenvalue weighted by molar-refractivity contribution is -0.140. The average Bonchev–Trinajstić information content (AvgIpc) is 3.59. The Kier molecular flexibility index (Phi) is 8.00. The number of nitrogens with zero attached hydrogens (tertiary/aromatic N) is 5. The van der Waals surface area contributed by atoms with E-state index in [9.17, 15) is 4.79 Å². The Hall–Kier alpha value is -3.14. The van der Waals surface area contributed by atoms with E-state index < -0.39 is 0 Å². The highest BCUT2D eigenvalue weighted by molar-refractivity contribution is 7.09. The second-order valence-corrected chi connectivity index (χ2v) is 10.2. The van der Waals surface area contributed by atoms with Gasteiger partial charge in [-0.1, -0.05) is 66.9 Å². The van der Waals surface area contributed by atoms with Crippen LogP contribution in [0.4, 0.5) is 0 Å². The monoisotopic (exact) mass is 504 g/mol. The number of carbonyl (C=O) groups excluding carboxylic acids is 1. The van der Waals surface area contributed by atoms with Gasteiger partial charge in [0.05, 0.1) is 18.1 Å². The van der Waals surface area contributed by atoms with Gasteiger partial charge < -0.3 is 9.64 Å². The van der Waals surface area contributed by atoms with Crippen LogP contribution in [-0.2, 0) is 22.6 Å². The maximum absolute atomic E-state index is 14.0. The Bertz CT molecular complexity index is 1240. The zero-order valence-corrected chi connectivity index (χ0v) is 21.3. The fraction of sp³-hybridized carbons (Fsp3) is 0.407. The summed E-state index contributed by atoms with van der Waals surface area (Å²) in [6.07, 6.45) is 7.35. The Balaban J connectivity index is 1.50. The molecule has 5 rings (SSSR count). The lowest BCUT2D eigenvalue weighted by atomic mass is 9.94. The van der Waals surface area contributed by atoms with E-state index in [1.165, 1.54) is 19.3 Å². The molecular weight excluding hydrogens is 472 g/mol. The van der Waals surface area contributed by atoms with Crippen molar-refractivity contribution in [3.63, 3.8) is 0 Å². The number of rotatable bonds is 10. The fourth-order valence-corrected chi connectivity index (χ4v) is 5.64. The maximum atomic E-state index is 14.0. The van der Waals surface area contributed by atoms with Gasteiger partial charge in [-0.15, -0.1) is 16.4 Å². The number of thiazole rings is 1. The van der Waals surface area contributed by atoms with Gasteiger partial charge in [-0.3, -0.25) is 10.1 Å². The molecule has 2 heterocycles. The number of ether oxygens (including phenoxy) is 1. The second-order valence-electron chi connectivity index (χ2n) is 9.20. The standard InChI is InChI=1S/C27H32N6O2S/c1-35-27(29-21-12-6-3-7-13-21)26(20-10-4-2-5-11-20)32(18-24-28-16-17-36-24)25(34)19-33-23-15-9-8-14-22(23)30-31-33/h2,4-5,8-11,14-17,21,26-27,29H,3,6-7,12-13,18-19H2,1H3. The van der Waals surface area contributed by atoms with Crippen LogP contribution in [0.3, 0.4) is 0 Å². The molecule has 0 aliphatic heterocycles. The number of fused-ring (bicyclic) bond motifs is 1. The summed E-state index contributed by atoms with van der Waals surface area (Å²) in [6, 6.07) is 17.8. The van der Waals surface area contributed by atoms with Crippen molar-refractivity contribution in [3.8, 4) is 0 Å². The quantitative estimate of drug-likeness (QED) is 0.319. The van der Waals surface area contributed by atoms with Crippen LogP contribution < -0.4 is 5.32 Å². The summed E-state index contributed by atoms with van der Waals surface area (Å²) in [5.41, 5.74) is 2.62. The molecule has 1 saturated carbocycles. The van der Waals surface area contributed by atoms with Gasteiger partial charge >= 0.3 is 0 Å². The van der Waals surface area contributed by atoms with Gasteiger partial charge in [-0.05, 0) is 30.5 Å². The molecule has 0 saturated heterocycles. The molecule has 8 nitrogen and oxygen atoms in total. The predicted molar refractivity (Wildman–Crippen MR) is 140 cm³/mol. The van der Waals surface area contributed by atoms with Crippen molar-refractivity contribution in [1.29, 1.82) is 0 Å². The van der Waals surface area contributed by atoms with E-state index in [1.807, 2.05) is 52.7 Å². The summed E-state index contributed by atoms with van der Waals surface area (Å²) in [5, 5.41) is 15.1. The first kappa shape index (κ1) is 24.5. The zero-order valence-electron chi connectivity index (χ0n) is 20.5. The minimum absolute atomic E-state index is 0.0674. The van der Waals surface area contributed by atoms with Gasteiger partial charge in [0.15, 0.2) is 0 Å². The van der Waals surface area contributed by atoms with Gasteiger partial charge in [-0.25, -0.2) is 9.67 Å². The first-order valence-electron chi connectivity index (χ1n) is 12.5. The molecule has 1 fully saturated rings. The molecule has 2 aromatic heterocycles. The predicted octanol–water partition coefficient (Wildman–Crippen LogP) is 4.55. The Morgan fingerprint density at radius 3 is 2.67 bits per heavy atom. The van der Waals surface area contributed by atoms with Crippen LogP contribution >= 0.6 is 11.3 Å². The Morgan fingerprint density at radius 1 is 1.14 bits per heavy atom. The summed E-state index contributed by atoms with van der Waals surface area (Å²) in [6.45, 7) is 0.462. The minimum Gasteiger partial charge on any atom is -0.364 e. The third kappa shape index (κ3) is 5.64. The first-order valence-corrected chi connectivity index (χ1v) is 13.4. The summed E-state index contributed by atoms with van der Waals surface area (Å²) >= 11 is 1.55. The highest BCUT2D eigenvalue weighted by Gasteiger charge is 2.35. The molecular formula is C27H32N6O2S. The highest BCUT2D eigenvalue weighted by atomic mass is 32.1. The van der Waals surface area contributed by atoms with Crippen molar-refractivity contribution < 1.29 is 9.53 Å². The summed E-state index contributed by atoms with van der Waals surface area (Å²) in [4.78, 5) is 20.4. The van der Waals surface area contributed by atoms with Crippen molar-refractivity contribution in [2.24, 2.45) is 0 Å². The average molecular weight is 505 g/mol. The number of para-hydroxylation sites is 1. The maximum Gasteiger partial charge on any atom is 0.245 e. The molecule has 0 spiro atoms. The zero-order chi connectivity index (χ0) is 24.7. The molecule has 188 valence electrons. The third-order valence-electron chi connectivity index (χ3n) is 6.84.